The van der Waals surface area contributed by atoms with Crippen LogP contribution in [0.5, 0.6) is 5.75 Å². The minimum absolute atomic E-state index is 0. The molecule has 8 nitrogen and oxygen atoms in total. The molecule has 3 amide bonds. The lowest BCUT2D eigenvalue weighted by Crippen LogP contribution is -2.51. The van der Waals surface area contributed by atoms with Gasteiger partial charge >= 0.3 is 6.03 Å². The van der Waals surface area contributed by atoms with Crippen LogP contribution in [0.25, 0.3) is 0 Å². The Morgan fingerprint density at radius 1 is 1.05 bits per heavy atom. The van der Waals surface area contributed by atoms with Gasteiger partial charge in [-0.3, -0.25) is 4.79 Å². The Morgan fingerprint density at radius 2 is 1.73 bits per heavy atom. The van der Waals surface area contributed by atoms with Gasteiger partial charge in [-0.1, -0.05) is 25.5 Å². The second kappa shape index (κ2) is 16.6. The number of benzene rings is 2. The summed E-state index contributed by atoms with van der Waals surface area (Å²) in [6, 6.07) is 15.9. The summed E-state index contributed by atoms with van der Waals surface area (Å²) in [4.78, 5) is 32.3. The highest BCUT2D eigenvalue weighted by atomic mass is 35.5. The second-order valence-electron chi connectivity index (χ2n) is 11.1. The van der Waals surface area contributed by atoms with Crippen molar-refractivity contribution in [2.45, 2.75) is 52.0 Å². The molecular weight excluding hydrogens is 540 g/mol. The van der Waals surface area contributed by atoms with Gasteiger partial charge in [-0.05, 0) is 87.0 Å². The minimum Gasteiger partial charge on any atom is -0.497 e. The number of halogens is 1. The molecule has 9 heteroatoms. The highest BCUT2D eigenvalue weighted by Gasteiger charge is 2.29. The number of nitrogens with one attached hydrogen (secondary N) is 1. The quantitative estimate of drug-likeness (QED) is 0.373. The van der Waals surface area contributed by atoms with E-state index in [-0.39, 0.29) is 24.3 Å². The van der Waals surface area contributed by atoms with E-state index in [0.717, 1.165) is 56.9 Å². The van der Waals surface area contributed by atoms with Gasteiger partial charge in [-0.15, -0.1) is 12.4 Å². The Hall–Kier alpha value is -2.81. The van der Waals surface area contributed by atoms with Crippen molar-refractivity contribution in [2.24, 2.45) is 5.92 Å². The Kier molecular flexibility index (Phi) is 13.2. The first-order valence-corrected chi connectivity index (χ1v) is 14.9. The number of amides is 3. The molecule has 1 N–H and O–H groups in total. The molecule has 0 bridgehead atoms. The monoisotopic (exact) mass is 586 g/mol. The van der Waals surface area contributed by atoms with E-state index in [9.17, 15) is 9.59 Å². The summed E-state index contributed by atoms with van der Waals surface area (Å²) in [5.41, 5.74) is 2.62. The molecular formula is C32H47ClN4O4. The van der Waals surface area contributed by atoms with Crippen LogP contribution in [0.1, 0.15) is 55.5 Å². The summed E-state index contributed by atoms with van der Waals surface area (Å²) >= 11 is 0. The van der Waals surface area contributed by atoms with Crippen LogP contribution in [0.2, 0.25) is 0 Å². The normalized spacial score (nSPS) is 16.7. The standard InChI is InChI=1S/C32H46N4O4.ClH/c1-4-5-15-36(24-26-13-16-34(17-14-26)32(38)35-18-20-40-21-19-35)25(2)22-27-7-6-8-29(23-27)33-31(37)28-9-11-30(39-3)12-10-28;/h6-12,23,25-26H,4-5,13-22,24H2,1-3H3,(H,33,37);1H. The van der Waals surface area contributed by atoms with Crippen molar-refractivity contribution in [1.82, 2.24) is 14.7 Å². The minimum atomic E-state index is -0.129. The predicted molar refractivity (Wildman–Crippen MR) is 166 cm³/mol. The molecule has 0 spiro atoms. The number of morpholine rings is 1. The Labute approximate surface area is 251 Å². The summed E-state index contributed by atoms with van der Waals surface area (Å²) in [5, 5.41) is 3.04. The lowest BCUT2D eigenvalue weighted by molar-refractivity contribution is 0.0386. The van der Waals surface area contributed by atoms with Gasteiger partial charge in [0.05, 0.1) is 20.3 Å². The fourth-order valence-corrected chi connectivity index (χ4v) is 5.64. The predicted octanol–water partition coefficient (Wildman–Crippen LogP) is 5.57. The number of ether oxygens (including phenoxy) is 2. The van der Waals surface area contributed by atoms with Crippen molar-refractivity contribution in [3.8, 4) is 5.75 Å². The summed E-state index contributed by atoms with van der Waals surface area (Å²) in [6.07, 6.45) is 5.38. The molecule has 226 valence electrons. The topological polar surface area (TPSA) is 74.4 Å². The summed E-state index contributed by atoms with van der Waals surface area (Å²) < 4.78 is 10.6. The van der Waals surface area contributed by atoms with E-state index in [1.54, 1.807) is 31.4 Å². The largest absolute Gasteiger partial charge is 0.497 e. The molecule has 2 fully saturated rings. The third-order valence-electron chi connectivity index (χ3n) is 8.15. The van der Waals surface area contributed by atoms with Crippen molar-refractivity contribution < 1.29 is 19.1 Å². The van der Waals surface area contributed by atoms with E-state index < -0.39 is 0 Å². The Morgan fingerprint density at radius 3 is 2.39 bits per heavy atom. The number of nitrogens with zero attached hydrogens (tertiary/aromatic N) is 3. The number of carbonyl (C=O) groups is 2. The molecule has 0 saturated carbocycles. The molecule has 0 aliphatic carbocycles. The number of likely N-dealkylation sites (tertiary alicyclic amines) is 1. The fourth-order valence-electron chi connectivity index (χ4n) is 5.64. The SMILES string of the molecule is CCCCN(CC1CCN(C(=O)N2CCOCC2)CC1)C(C)Cc1cccc(NC(=O)c2ccc(OC)cc2)c1.Cl. The number of unbranched alkanes of at least 4 members (excludes halogenated alkanes) is 1. The van der Waals surface area contributed by atoms with E-state index in [1.165, 1.54) is 18.4 Å². The van der Waals surface area contributed by atoms with E-state index in [0.29, 0.717) is 43.8 Å². The maximum Gasteiger partial charge on any atom is 0.320 e. The number of carbonyl (C=O) groups excluding carboxylic acids is 2. The zero-order valence-electron chi connectivity index (χ0n) is 24.8. The van der Waals surface area contributed by atoms with Gasteiger partial charge in [0.25, 0.3) is 5.91 Å². The van der Waals surface area contributed by atoms with Crippen molar-refractivity contribution in [3.05, 3.63) is 59.7 Å². The van der Waals surface area contributed by atoms with Crippen molar-refractivity contribution >= 4 is 30.0 Å². The molecule has 1 unspecified atom stereocenters. The highest BCUT2D eigenvalue weighted by Crippen LogP contribution is 2.23. The molecule has 2 aromatic carbocycles. The maximum absolute atomic E-state index is 12.9. The van der Waals surface area contributed by atoms with Crippen molar-refractivity contribution in [3.63, 3.8) is 0 Å². The lowest BCUT2D eigenvalue weighted by atomic mass is 9.94. The average molecular weight is 587 g/mol. The van der Waals surface area contributed by atoms with Crippen LogP contribution >= 0.6 is 12.4 Å². The van der Waals surface area contributed by atoms with Gasteiger partial charge in [0.2, 0.25) is 0 Å². The first-order chi connectivity index (χ1) is 19.5. The van der Waals surface area contributed by atoms with Crippen molar-refractivity contribution in [1.29, 1.82) is 0 Å². The number of anilines is 1. The van der Waals surface area contributed by atoms with Gasteiger partial charge in [-0.25, -0.2) is 4.79 Å². The van der Waals surface area contributed by atoms with Crippen LogP contribution in [0, 0.1) is 5.92 Å². The zero-order chi connectivity index (χ0) is 28.3. The number of urea groups is 1. The molecule has 2 saturated heterocycles. The molecule has 2 aromatic rings. The molecule has 2 aliphatic heterocycles. The molecule has 2 heterocycles. The Balaban J connectivity index is 0.00000462. The summed E-state index contributed by atoms with van der Waals surface area (Å²) in [5.74, 6) is 1.20. The molecule has 41 heavy (non-hydrogen) atoms. The van der Waals surface area contributed by atoms with E-state index >= 15 is 0 Å². The van der Waals surface area contributed by atoms with Gasteiger partial charge in [0.1, 0.15) is 5.75 Å². The number of methoxy groups -OCH3 is 1. The molecule has 4 rings (SSSR count). The first-order valence-electron chi connectivity index (χ1n) is 14.9. The van der Waals surface area contributed by atoms with Gasteiger partial charge in [0.15, 0.2) is 0 Å². The average Bonchev–Trinajstić information content (AvgIpc) is 2.99. The maximum atomic E-state index is 12.9. The number of rotatable bonds is 11. The lowest BCUT2D eigenvalue weighted by Gasteiger charge is -2.39. The third-order valence-corrected chi connectivity index (χ3v) is 8.15. The number of piperidine rings is 1. The molecule has 0 aromatic heterocycles. The zero-order valence-corrected chi connectivity index (χ0v) is 25.7. The number of hydrogen-bond acceptors (Lipinski definition) is 5. The van der Waals surface area contributed by atoms with Crippen molar-refractivity contribution in [2.75, 3.05) is 64.9 Å². The van der Waals surface area contributed by atoms with Crippen LogP contribution in [0.3, 0.4) is 0 Å². The molecule has 0 radical (unpaired) electrons. The van der Waals surface area contributed by atoms with E-state index in [1.807, 2.05) is 21.9 Å². The smallest absolute Gasteiger partial charge is 0.320 e. The highest BCUT2D eigenvalue weighted by molar-refractivity contribution is 6.04. The van der Waals surface area contributed by atoms with Crippen LogP contribution in [0.4, 0.5) is 10.5 Å². The van der Waals surface area contributed by atoms with E-state index in [2.05, 4.69) is 36.2 Å². The summed E-state index contributed by atoms with van der Waals surface area (Å²) in [7, 11) is 1.61. The van der Waals surface area contributed by atoms with Crippen LogP contribution in [-0.2, 0) is 11.2 Å². The van der Waals surface area contributed by atoms with Gasteiger partial charge in [0, 0.05) is 50.0 Å². The summed E-state index contributed by atoms with van der Waals surface area (Å²) in [6.45, 7) is 11.1. The van der Waals surface area contributed by atoms with Gasteiger partial charge < -0.3 is 29.5 Å². The molecule has 1 atom stereocenters. The second-order valence-corrected chi connectivity index (χ2v) is 11.1. The van der Waals surface area contributed by atoms with Crippen LogP contribution < -0.4 is 10.1 Å². The van der Waals surface area contributed by atoms with Crippen LogP contribution in [-0.4, -0.2) is 92.3 Å². The molecule has 2 aliphatic rings. The Bertz CT molecular complexity index is 1090. The fraction of sp³-hybridized carbons (Fsp3) is 0.562. The third kappa shape index (κ3) is 9.62. The first kappa shape index (κ1) is 32.7. The van der Waals surface area contributed by atoms with Gasteiger partial charge in [-0.2, -0.15) is 0 Å². The van der Waals surface area contributed by atoms with Crippen LogP contribution in [0.15, 0.2) is 48.5 Å². The number of hydrogen-bond donors (Lipinski definition) is 1. The van der Waals surface area contributed by atoms with E-state index in [4.69, 9.17) is 9.47 Å².